The van der Waals surface area contributed by atoms with Crippen LogP contribution in [0.25, 0.3) is 32.9 Å². The maximum Gasteiger partial charge on any atom is 0.319 e. The molecule has 8 rings (SSSR count). The van der Waals surface area contributed by atoms with Gasteiger partial charge in [-0.1, -0.05) is 31.2 Å². The number of fused-ring (bicyclic) bond motifs is 3. The van der Waals surface area contributed by atoms with Crippen LogP contribution in [0.4, 0.5) is 19.0 Å². The second kappa shape index (κ2) is 13.3. The van der Waals surface area contributed by atoms with E-state index in [1.807, 2.05) is 17.9 Å². The Morgan fingerprint density at radius 1 is 1.06 bits per heavy atom. The summed E-state index contributed by atoms with van der Waals surface area (Å²) in [5.74, 6) is -1.07. The lowest BCUT2D eigenvalue weighted by Crippen LogP contribution is -2.43. The van der Waals surface area contributed by atoms with Crippen LogP contribution >= 0.6 is 0 Å². The molecule has 51 heavy (non-hydrogen) atoms. The first-order chi connectivity index (χ1) is 24.7. The summed E-state index contributed by atoms with van der Waals surface area (Å²) in [5, 5.41) is 12.0. The highest BCUT2D eigenvalue weighted by Gasteiger charge is 2.49. The number of carbonyl (C=O) groups excluding carboxylic acids is 1. The number of alkyl halides is 1. The number of anilines is 1. The first kappa shape index (κ1) is 33.2. The van der Waals surface area contributed by atoms with Crippen molar-refractivity contribution in [3.63, 3.8) is 0 Å². The van der Waals surface area contributed by atoms with Crippen LogP contribution in [0.5, 0.6) is 17.5 Å². The highest BCUT2D eigenvalue weighted by atomic mass is 19.1. The van der Waals surface area contributed by atoms with Crippen LogP contribution in [0.1, 0.15) is 44.6 Å². The minimum absolute atomic E-state index is 0.0490. The first-order valence-electron chi connectivity index (χ1n) is 17.6. The lowest BCUT2D eigenvalue weighted by Gasteiger charge is -2.33. The standard InChI is InChI=1S/C39H38F3N5O4/c1-2-28-31(41)10-9-24-17-26(48)18-29(32(24)28)34-33(42)35-30(20-43-34)36(45-38(44-35)50-22-39-13-6-14-47(39)21-25(40)19-39)46-15-11-23(12-16-46)37(49)51-27-7-4-3-5-8-27/h3-5,7-10,17-18,20,23,25,48H,2,6,11-16,19,21-22H2,1H3/t25-,39+/m1/s1. The molecule has 0 bridgehead atoms. The molecule has 0 aliphatic carbocycles. The van der Waals surface area contributed by atoms with Gasteiger partial charge in [-0.2, -0.15) is 9.97 Å². The van der Waals surface area contributed by atoms with Gasteiger partial charge >= 0.3 is 12.0 Å². The Morgan fingerprint density at radius 2 is 1.86 bits per heavy atom. The third-order valence-electron chi connectivity index (χ3n) is 10.7. The monoisotopic (exact) mass is 697 g/mol. The molecule has 264 valence electrons. The van der Waals surface area contributed by atoms with Crippen LogP contribution in [0.3, 0.4) is 0 Å². The fourth-order valence-corrected chi connectivity index (χ4v) is 8.21. The van der Waals surface area contributed by atoms with Crippen LogP contribution in [-0.2, 0) is 11.2 Å². The van der Waals surface area contributed by atoms with E-state index < -0.39 is 23.3 Å². The number of phenolic OH excluding ortho intramolecular Hbond substituents is 1. The largest absolute Gasteiger partial charge is 0.508 e. The highest BCUT2D eigenvalue weighted by Crippen LogP contribution is 2.42. The molecule has 3 fully saturated rings. The first-order valence-corrected chi connectivity index (χ1v) is 17.6. The Morgan fingerprint density at radius 3 is 2.65 bits per heavy atom. The summed E-state index contributed by atoms with van der Waals surface area (Å²) in [6.07, 6.45) is 3.92. The minimum atomic E-state index is -0.946. The van der Waals surface area contributed by atoms with Gasteiger partial charge in [-0.05, 0) is 85.3 Å². The van der Waals surface area contributed by atoms with Crippen molar-refractivity contribution in [2.75, 3.05) is 37.7 Å². The highest BCUT2D eigenvalue weighted by molar-refractivity contribution is 6.01. The number of pyridine rings is 1. The van der Waals surface area contributed by atoms with Gasteiger partial charge in [0, 0.05) is 37.8 Å². The SMILES string of the molecule is CCc1c(F)ccc2cc(O)cc(-c3ncc4c(N5CCC(C(=O)Oc6ccccc6)CC5)nc(OC[C@@]56CCCN5C[C@H](F)C6)nc4c3F)c12. The topological polar surface area (TPSA) is 101 Å². The smallest absolute Gasteiger partial charge is 0.319 e. The fraction of sp³-hybridized carbons (Fsp3) is 0.385. The second-order valence-corrected chi connectivity index (χ2v) is 13.8. The normalized spacial score (nSPS) is 21.0. The predicted octanol–water partition coefficient (Wildman–Crippen LogP) is 7.17. The van der Waals surface area contributed by atoms with Gasteiger partial charge in [0.2, 0.25) is 0 Å². The zero-order chi connectivity index (χ0) is 35.3. The van der Waals surface area contributed by atoms with E-state index in [1.54, 1.807) is 30.3 Å². The van der Waals surface area contributed by atoms with Gasteiger partial charge in [0.15, 0.2) is 5.82 Å². The van der Waals surface area contributed by atoms with Crippen molar-refractivity contribution < 1.29 is 32.5 Å². The average molecular weight is 698 g/mol. The molecule has 2 atom stereocenters. The van der Waals surface area contributed by atoms with Gasteiger partial charge in [0.05, 0.1) is 16.8 Å². The van der Waals surface area contributed by atoms with E-state index in [4.69, 9.17) is 14.5 Å². The summed E-state index contributed by atoms with van der Waals surface area (Å²) in [6.45, 7) is 3.98. The molecule has 1 N–H and O–H groups in total. The molecular weight excluding hydrogens is 659 g/mol. The molecule has 0 spiro atoms. The maximum absolute atomic E-state index is 16.9. The minimum Gasteiger partial charge on any atom is -0.508 e. The summed E-state index contributed by atoms with van der Waals surface area (Å²) >= 11 is 0. The summed E-state index contributed by atoms with van der Waals surface area (Å²) in [6, 6.07) is 14.7. The molecule has 5 aromatic rings. The molecule has 0 radical (unpaired) electrons. The number of aryl methyl sites for hydroxylation is 1. The van der Waals surface area contributed by atoms with Crippen molar-refractivity contribution in [3.8, 4) is 28.8 Å². The number of hydrogen-bond donors (Lipinski definition) is 1. The van der Waals surface area contributed by atoms with Crippen LogP contribution in [0, 0.1) is 17.6 Å². The Labute approximate surface area is 293 Å². The van der Waals surface area contributed by atoms with Crippen LogP contribution in [0.15, 0.2) is 60.8 Å². The summed E-state index contributed by atoms with van der Waals surface area (Å²) in [5.41, 5.74) is -0.00164. The number of aromatic hydroxyl groups is 1. The number of aromatic nitrogens is 3. The van der Waals surface area contributed by atoms with Gasteiger partial charge in [-0.3, -0.25) is 14.7 Å². The molecule has 2 aromatic heterocycles. The van der Waals surface area contributed by atoms with Gasteiger partial charge in [-0.15, -0.1) is 0 Å². The van der Waals surface area contributed by atoms with E-state index in [1.165, 1.54) is 24.4 Å². The maximum atomic E-state index is 16.9. The molecule has 0 unspecified atom stereocenters. The van der Waals surface area contributed by atoms with Crippen LogP contribution in [0.2, 0.25) is 0 Å². The number of piperidine rings is 1. The molecule has 3 aliphatic rings. The molecule has 3 saturated heterocycles. The Bertz CT molecular complexity index is 2130. The molecule has 3 aliphatic heterocycles. The number of benzene rings is 3. The molecular formula is C39H38F3N5O4. The lowest BCUT2D eigenvalue weighted by atomic mass is 9.94. The molecule has 0 saturated carbocycles. The molecule has 12 heteroatoms. The number of carbonyl (C=O) groups is 1. The third kappa shape index (κ3) is 6.09. The van der Waals surface area contributed by atoms with E-state index in [0.29, 0.717) is 78.6 Å². The second-order valence-electron chi connectivity index (χ2n) is 13.8. The average Bonchev–Trinajstić information content (AvgIpc) is 3.66. The van der Waals surface area contributed by atoms with Gasteiger partial charge in [0.1, 0.15) is 47.1 Å². The number of nitrogens with zero attached hydrogens (tertiary/aromatic N) is 5. The Kier molecular flexibility index (Phi) is 8.65. The van der Waals surface area contributed by atoms with Crippen molar-refractivity contribution in [1.82, 2.24) is 19.9 Å². The fourth-order valence-electron chi connectivity index (χ4n) is 8.21. The zero-order valence-electron chi connectivity index (χ0n) is 28.2. The molecule has 0 amide bonds. The summed E-state index contributed by atoms with van der Waals surface area (Å²) < 4.78 is 58.4. The molecule has 5 heterocycles. The number of hydrogen-bond acceptors (Lipinski definition) is 9. The number of para-hydroxylation sites is 1. The molecule has 9 nitrogen and oxygen atoms in total. The van der Waals surface area contributed by atoms with E-state index in [-0.39, 0.29) is 47.0 Å². The van der Waals surface area contributed by atoms with Gasteiger partial charge in [0.25, 0.3) is 0 Å². The summed E-state index contributed by atoms with van der Waals surface area (Å²) in [7, 11) is 0. The Hall–Kier alpha value is -4.97. The van der Waals surface area contributed by atoms with Crippen molar-refractivity contribution in [2.24, 2.45) is 5.92 Å². The van der Waals surface area contributed by atoms with E-state index in [0.717, 1.165) is 19.4 Å². The lowest BCUT2D eigenvalue weighted by molar-refractivity contribution is -0.139. The van der Waals surface area contributed by atoms with Crippen LogP contribution < -0.4 is 14.4 Å². The number of phenols is 1. The van der Waals surface area contributed by atoms with E-state index >= 15 is 8.78 Å². The van der Waals surface area contributed by atoms with Crippen LogP contribution in [-0.4, -0.2) is 75.4 Å². The van der Waals surface area contributed by atoms with E-state index in [9.17, 15) is 14.3 Å². The van der Waals surface area contributed by atoms with Gasteiger partial charge in [-0.25, -0.2) is 13.2 Å². The number of halogens is 3. The number of esters is 1. The van der Waals surface area contributed by atoms with E-state index in [2.05, 4.69) is 14.9 Å². The quantitative estimate of drug-likeness (QED) is 0.134. The molecule has 3 aromatic carbocycles. The summed E-state index contributed by atoms with van der Waals surface area (Å²) in [4.78, 5) is 30.9. The van der Waals surface area contributed by atoms with Gasteiger partial charge < -0.3 is 19.5 Å². The van der Waals surface area contributed by atoms with Crippen molar-refractivity contribution in [3.05, 3.63) is 78.0 Å². The zero-order valence-corrected chi connectivity index (χ0v) is 28.2. The number of ether oxygens (including phenoxy) is 2. The van der Waals surface area contributed by atoms with Crippen molar-refractivity contribution in [1.29, 1.82) is 0 Å². The van der Waals surface area contributed by atoms with Crippen molar-refractivity contribution >= 4 is 33.5 Å². The Balaban J connectivity index is 1.17. The van der Waals surface area contributed by atoms with Crippen molar-refractivity contribution in [2.45, 2.75) is 57.2 Å². The predicted molar refractivity (Wildman–Crippen MR) is 187 cm³/mol. The third-order valence-corrected chi connectivity index (χ3v) is 10.7. The number of rotatable bonds is 8.